The number of ether oxygens (including phenoxy) is 1. The molecular weight excluding hydrogens is 642 g/mol. The Morgan fingerprint density at radius 3 is 2.33 bits per heavy atom. The van der Waals surface area contributed by atoms with E-state index in [2.05, 4.69) is 21.2 Å². The van der Waals surface area contributed by atoms with Crippen molar-refractivity contribution in [3.05, 3.63) is 117 Å². The predicted octanol–water partition coefficient (Wildman–Crippen LogP) is 6.14. The third kappa shape index (κ3) is 6.68. The number of anilines is 2. The van der Waals surface area contributed by atoms with Crippen molar-refractivity contribution in [2.24, 2.45) is 0 Å². The third-order valence-corrected chi connectivity index (χ3v) is 9.48. The Morgan fingerprint density at radius 1 is 0.976 bits per heavy atom. The van der Waals surface area contributed by atoms with E-state index in [9.17, 15) is 18.0 Å². The average molecular weight is 669 g/mol. The summed E-state index contributed by atoms with van der Waals surface area (Å²) >= 11 is 9.36. The lowest BCUT2D eigenvalue weighted by Gasteiger charge is -2.22. The summed E-state index contributed by atoms with van der Waals surface area (Å²) in [5.74, 6) is -0.0177. The number of halogens is 2. The van der Waals surface area contributed by atoms with E-state index in [1.807, 2.05) is 18.2 Å². The molecule has 0 aromatic heterocycles. The lowest BCUT2D eigenvalue weighted by Crippen LogP contribution is -2.37. The van der Waals surface area contributed by atoms with Gasteiger partial charge < -0.3 is 15.0 Å². The Hall–Kier alpha value is -3.70. The highest BCUT2D eigenvalue weighted by Gasteiger charge is 2.29. The second-order valence-electron chi connectivity index (χ2n) is 9.68. The maximum absolute atomic E-state index is 13.6. The van der Waals surface area contributed by atoms with Crippen molar-refractivity contribution in [2.45, 2.75) is 17.9 Å². The molecule has 0 aliphatic carbocycles. The summed E-state index contributed by atoms with van der Waals surface area (Å²) in [5, 5.41) is 3.22. The molecule has 8 nitrogen and oxygen atoms in total. The molecule has 1 heterocycles. The van der Waals surface area contributed by atoms with Gasteiger partial charge in [0.05, 0.1) is 18.6 Å². The van der Waals surface area contributed by atoms with E-state index in [1.54, 1.807) is 60.5 Å². The molecule has 5 rings (SSSR count). The minimum absolute atomic E-state index is 0.0139. The van der Waals surface area contributed by atoms with E-state index < -0.39 is 22.5 Å². The first kappa shape index (κ1) is 29.8. The van der Waals surface area contributed by atoms with Gasteiger partial charge in [-0.3, -0.25) is 9.59 Å². The molecule has 0 atom stereocenters. The Kier molecular flexibility index (Phi) is 8.98. The van der Waals surface area contributed by atoms with Gasteiger partial charge in [-0.2, -0.15) is 4.31 Å². The molecule has 0 bridgehead atoms. The SMILES string of the molecule is COc1ccc(C(=O)N2CCc3ccc(NC(=O)CN(Cc4ccc(Br)cc4)S(=O)(=O)c4ccc(Cl)cc4)cc32)cc1. The van der Waals surface area contributed by atoms with Gasteiger partial charge in [0.15, 0.2) is 0 Å². The number of rotatable bonds is 9. The zero-order valence-electron chi connectivity index (χ0n) is 22.6. The van der Waals surface area contributed by atoms with Gasteiger partial charge >= 0.3 is 0 Å². The monoisotopic (exact) mass is 667 g/mol. The van der Waals surface area contributed by atoms with Crippen molar-refractivity contribution in [3.8, 4) is 5.75 Å². The van der Waals surface area contributed by atoms with Crippen LogP contribution in [-0.4, -0.2) is 44.7 Å². The van der Waals surface area contributed by atoms with Gasteiger partial charge in [0.25, 0.3) is 5.91 Å². The van der Waals surface area contributed by atoms with Crippen LogP contribution >= 0.6 is 27.5 Å². The van der Waals surface area contributed by atoms with Gasteiger partial charge in [0.1, 0.15) is 5.75 Å². The zero-order chi connectivity index (χ0) is 29.9. The molecule has 0 unspecified atom stereocenters. The minimum atomic E-state index is -4.04. The van der Waals surface area contributed by atoms with E-state index in [4.69, 9.17) is 16.3 Å². The maximum atomic E-state index is 13.6. The summed E-state index contributed by atoms with van der Waals surface area (Å²) < 4.78 is 34.3. The van der Waals surface area contributed by atoms with Gasteiger partial charge in [-0.25, -0.2) is 8.42 Å². The van der Waals surface area contributed by atoms with Gasteiger partial charge in [0, 0.05) is 39.5 Å². The number of methoxy groups -OCH3 is 1. The van der Waals surface area contributed by atoms with Gasteiger partial charge in [0.2, 0.25) is 15.9 Å². The molecule has 4 aromatic carbocycles. The van der Waals surface area contributed by atoms with E-state index in [0.717, 1.165) is 14.3 Å². The maximum Gasteiger partial charge on any atom is 0.258 e. The van der Waals surface area contributed by atoms with E-state index in [0.29, 0.717) is 46.2 Å². The predicted molar refractivity (Wildman–Crippen MR) is 167 cm³/mol. The Balaban J connectivity index is 1.35. The number of hydrogen-bond acceptors (Lipinski definition) is 5. The van der Waals surface area contributed by atoms with Crippen molar-refractivity contribution < 1.29 is 22.7 Å². The molecule has 1 N–H and O–H groups in total. The van der Waals surface area contributed by atoms with Crippen LogP contribution in [-0.2, 0) is 27.8 Å². The van der Waals surface area contributed by atoms with E-state index in [-0.39, 0.29) is 17.3 Å². The first-order valence-electron chi connectivity index (χ1n) is 13.0. The number of fused-ring (bicyclic) bond motifs is 1. The largest absolute Gasteiger partial charge is 0.497 e. The van der Waals surface area contributed by atoms with Crippen LogP contribution in [0.1, 0.15) is 21.5 Å². The first-order chi connectivity index (χ1) is 20.1. The fraction of sp³-hybridized carbons (Fsp3) is 0.161. The first-order valence-corrected chi connectivity index (χ1v) is 15.6. The second-order valence-corrected chi connectivity index (χ2v) is 13.0. The van der Waals surface area contributed by atoms with Gasteiger partial charge in [-0.15, -0.1) is 0 Å². The highest BCUT2D eigenvalue weighted by Crippen LogP contribution is 2.32. The number of amides is 2. The Labute approximate surface area is 258 Å². The molecule has 216 valence electrons. The highest BCUT2D eigenvalue weighted by atomic mass is 79.9. The molecule has 1 aliphatic heterocycles. The second kappa shape index (κ2) is 12.7. The van der Waals surface area contributed by atoms with Crippen LogP contribution in [0.3, 0.4) is 0 Å². The summed E-state index contributed by atoms with van der Waals surface area (Å²) in [5.41, 5.74) is 3.38. The number of nitrogens with one attached hydrogen (secondary N) is 1. The number of benzene rings is 4. The summed E-state index contributed by atoms with van der Waals surface area (Å²) in [6.45, 7) is 0.0739. The molecule has 0 radical (unpaired) electrons. The Morgan fingerprint density at radius 2 is 1.67 bits per heavy atom. The smallest absolute Gasteiger partial charge is 0.258 e. The highest BCUT2D eigenvalue weighted by molar-refractivity contribution is 9.10. The normalized spacial score (nSPS) is 12.7. The zero-order valence-corrected chi connectivity index (χ0v) is 25.7. The van der Waals surface area contributed by atoms with Crippen molar-refractivity contribution in [3.63, 3.8) is 0 Å². The lowest BCUT2D eigenvalue weighted by molar-refractivity contribution is -0.116. The molecule has 11 heteroatoms. The van der Waals surface area contributed by atoms with Gasteiger partial charge in [-0.05, 0) is 90.3 Å². The molecule has 4 aromatic rings. The fourth-order valence-corrected chi connectivity index (χ4v) is 6.47. The topological polar surface area (TPSA) is 96.0 Å². The van der Waals surface area contributed by atoms with Crippen LogP contribution in [0.4, 0.5) is 11.4 Å². The average Bonchev–Trinajstić information content (AvgIpc) is 3.41. The minimum Gasteiger partial charge on any atom is -0.497 e. The third-order valence-electron chi connectivity index (χ3n) is 6.89. The van der Waals surface area contributed by atoms with Crippen LogP contribution in [0.5, 0.6) is 5.75 Å². The number of hydrogen-bond donors (Lipinski definition) is 1. The molecular formula is C31H27BrClN3O5S. The van der Waals surface area contributed by atoms with E-state index >= 15 is 0 Å². The van der Waals surface area contributed by atoms with Crippen molar-refractivity contribution in [1.29, 1.82) is 0 Å². The molecule has 0 spiro atoms. The summed E-state index contributed by atoms with van der Waals surface area (Å²) in [6, 6.07) is 25.3. The fourth-order valence-electron chi connectivity index (χ4n) is 4.69. The standard InChI is InChI=1S/C31H27BrClN3O5S/c1-41-27-12-5-23(6-13-27)31(38)36-17-16-22-4-11-26(18-29(22)36)34-30(37)20-35(19-21-2-7-24(32)8-3-21)42(39,40)28-14-9-25(33)10-15-28/h2-15,18H,16-17,19-20H2,1H3,(H,34,37). The molecule has 42 heavy (non-hydrogen) atoms. The summed E-state index contributed by atoms with van der Waals surface area (Å²) in [4.78, 5) is 28.2. The quantitative estimate of drug-likeness (QED) is 0.231. The molecule has 0 fully saturated rings. The van der Waals surface area contributed by atoms with Gasteiger partial charge in [-0.1, -0.05) is 45.7 Å². The van der Waals surface area contributed by atoms with Crippen molar-refractivity contribution in [1.82, 2.24) is 4.31 Å². The number of nitrogens with zero attached hydrogens (tertiary/aromatic N) is 2. The molecule has 0 saturated carbocycles. The number of carbonyl (C=O) groups is 2. The van der Waals surface area contributed by atoms with Crippen LogP contribution in [0, 0.1) is 0 Å². The van der Waals surface area contributed by atoms with Crippen LogP contribution < -0.4 is 15.0 Å². The Bertz CT molecular complexity index is 1710. The molecule has 0 saturated heterocycles. The van der Waals surface area contributed by atoms with Crippen molar-refractivity contribution >= 4 is 60.7 Å². The van der Waals surface area contributed by atoms with Crippen molar-refractivity contribution in [2.75, 3.05) is 30.4 Å². The number of sulfonamides is 1. The summed E-state index contributed by atoms with van der Waals surface area (Å²) in [6.07, 6.45) is 0.686. The van der Waals surface area contributed by atoms with Crippen LogP contribution in [0.15, 0.2) is 100 Å². The molecule has 1 aliphatic rings. The number of carbonyl (C=O) groups excluding carboxylic acids is 2. The van der Waals surface area contributed by atoms with Crippen LogP contribution in [0.2, 0.25) is 5.02 Å². The summed E-state index contributed by atoms with van der Waals surface area (Å²) in [7, 11) is -2.47. The molecule has 2 amide bonds. The lowest BCUT2D eigenvalue weighted by atomic mass is 10.1. The van der Waals surface area contributed by atoms with E-state index in [1.165, 1.54) is 24.3 Å². The van der Waals surface area contributed by atoms with Crippen LogP contribution in [0.25, 0.3) is 0 Å².